The van der Waals surface area contributed by atoms with E-state index in [-0.39, 0.29) is 52.1 Å². The van der Waals surface area contributed by atoms with Crippen molar-refractivity contribution in [2.45, 2.75) is 52.2 Å². The zero-order valence-corrected chi connectivity index (χ0v) is 21.7. The second kappa shape index (κ2) is 9.13. The Morgan fingerprint density at radius 2 is 1.97 bits per heavy atom. The number of carbonyl (C=O) groups is 2. The first kappa shape index (κ1) is 25.2. The van der Waals surface area contributed by atoms with Crippen molar-refractivity contribution in [1.29, 1.82) is 0 Å². The highest BCUT2D eigenvalue weighted by Crippen LogP contribution is 2.47. The van der Waals surface area contributed by atoms with Crippen LogP contribution in [0.4, 0.5) is 20.2 Å². The number of phenolic OH excluding ortho intramolecular Hbond substituents is 1. The number of fused-ring (bicyclic) bond motifs is 5. The van der Waals surface area contributed by atoms with Gasteiger partial charge in [-0.3, -0.25) is 14.6 Å². The molecule has 10 heteroatoms. The highest BCUT2D eigenvalue weighted by molar-refractivity contribution is 6.34. The average Bonchev–Trinajstić information content (AvgIpc) is 2.84. The summed E-state index contributed by atoms with van der Waals surface area (Å²) in [5.74, 6) is -2.34. The second-order valence-corrected chi connectivity index (χ2v) is 10.2. The summed E-state index contributed by atoms with van der Waals surface area (Å²) >= 11 is 6.55. The number of aromatic nitrogens is 1. The van der Waals surface area contributed by atoms with E-state index < -0.39 is 23.4 Å². The van der Waals surface area contributed by atoms with E-state index in [4.69, 9.17) is 11.6 Å². The number of amides is 2. The number of hydrogen-bond acceptors (Lipinski definition) is 5. The van der Waals surface area contributed by atoms with Crippen molar-refractivity contribution in [2.75, 3.05) is 22.9 Å². The van der Waals surface area contributed by atoms with Crippen LogP contribution in [0.25, 0.3) is 22.0 Å². The molecule has 7 nitrogen and oxygen atoms in total. The van der Waals surface area contributed by atoms with E-state index >= 15 is 4.39 Å². The topological polar surface area (TPSA) is 77.0 Å². The van der Waals surface area contributed by atoms with Crippen molar-refractivity contribution < 1.29 is 23.5 Å². The summed E-state index contributed by atoms with van der Waals surface area (Å²) in [7, 11) is 0. The van der Waals surface area contributed by atoms with Crippen molar-refractivity contribution in [2.24, 2.45) is 0 Å². The second-order valence-electron chi connectivity index (χ2n) is 9.79. The summed E-state index contributed by atoms with van der Waals surface area (Å²) in [4.78, 5) is 35.8. The van der Waals surface area contributed by atoms with Gasteiger partial charge in [0.15, 0.2) is 5.82 Å². The molecule has 1 aromatic heterocycles. The van der Waals surface area contributed by atoms with E-state index in [1.807, 2.05) is 25.7 Å². The van der Waals surface area contributed by atoms with Crippen molar-refractivity contribution >= 4 is 45.7 Å². The number of carbonyl (C=O) groups excluding carboxylic acids is 2. The molecule has 0 spiro atoms. The Balaban J connectivity index is 1.76. The van der Waals surface area contributed by atoms with E-state index in [0.29, 0.717) is 29.7 Å². The normalized spacial score (nSPS) is 19.5. The number of phenols is 1. The average molecular weight is 529 g/mol. The van der Waals surface area contributed by atoms with E-state index in [1.54, 1.807) is 16.7 Å². The summed E-state index contributed by atoms with van der Waals surface area (Å²) in [6, 6.07) is 4.12. The standard InChI is InChI=1S/C27H27ClF2N4O3/c1-5-21(36)32-12-19-27(37)34(13(2)3)18-10-31-25-15(26(18)33(19)11-14(32)4)9-16(28)22(24(25)30)23-17(29)7-6-8-20(23)35/h6-10,13-14,19,35H,5,11-12H2,1-4H3. The summed E-state index contributed by atoms with van der Waals surface area (Å²) in [6.45, 7) is 8.01. The minimum absolute atomic E-state index is 0.0372. The largest absolute Gasteiger partial charge is 0.507 e. The molecule has 194 valence electrons. The summed E-state index contributed by atoms with van der Waals surface area (Å²) in [5.41, 5.74) is 0.418. The number of hydrogen-bond donors (Lipinski definition) is 1. The molecule has 0 saturated carbocycles. The Labute approximate surface area is 218 Å². The smallest absolute Gasteiger partial charge is 0.251 e. The van der Waals surface area contributed by atoms with Gasteiger partial charge in [0.25, 0.3) is 5.91 Å². The maximum absolute atomic E-state index is 16.0. The lowest BCUT2D eigenvalue weighted by Gasteiger charge is -2.51. The Morgan fingerprint density at radius 1 is 1.24 bits per heavy atom. The van der Waals surface area contributed by atoms with Gasteiger partial charge in [0.1, 0.15) is 23.1 Å². The van der Waals surface area contributed by atoms with Gasteiger partial charge in [-0.25, -0.2) is 8.78 Å². The van der Waals surface area contributed by atoms with Gasteiger partial charge in [0.2, 0.25) is 5.91 Å². The molecule has 0 bridgehead atoms. The van der Waals surface area contributed by atoms with Crippen LogP contribution in [0.3, 0.4) is 0 Å². The molecular formula is C27H27ClF2N4O3. The molecule has 2 unspecified atom stereocenters. The Kier molecular flexibility index (Phi) is 6.22. The molecule has 0 aliphatic carbocycles. The molecule has 1 saturated heterocycles. The van der Waals surface area contributed by atoms with Gasteiger partial charge in [0, 0.05) is 36.0 Å². The van der Waals surface area contributed by atoms with Crippen LogP contribution in [0.15, 0.2) is 30.5 Å². The number of aromatic hydroxyl groups is 1. The number of benzene rings is 2. The number of halogens is 3. The Hall–Kier alpha value is -3.46. The fourth-order valence-electron chi connectivity index (χ4n) is 5.50. The van der Waals surface area contributed by atoms with Crippen molar-refractivity contribution in [3.63, 3.8) is 0 Å². The SMILES string of the molecule is CCC(=O)N1CC2C(=O)N(C(C)C)c3cnc4c(F)c(-c5c(O)cccc5F)c(Cl)cc4c3N2CC1C. The van der Waals surface area contributed by atoms with Crippen LogP contribution < -0.4 is 9.80 Å². The third kappa shape index (κ3) is 3.79. The molecule has 0 radical (unpaired) electrons. The van der Waals surface area contributed by atoms with Gasteiger partial charge in [-0.2, -0.15) is 0 Å². The minimum Gasteiger partial charge on any atom is -0.507 e. The van der Waals surface area contributed by atoms with Gasteiger partial charge in [-0.1, -0.05) is 24.6 Å². The predicted octanol–water partition coefficient (Wildman–Crippen LogP) is 5.11. The van der Waals surface area contributed by atoms with Crippen LogP contribution in [-0.4, -0.2) is 58.0 Å². The van der Waals surface area contributed by atoms with Gasteiger partial charge >= 0.3 is 0 Å². The van der Waals surface area contributed by atoms with Gasteiger partial charge in [-0.15, -0.1) is 0 Å². The molecule has 2 amide bonds. The van der Waals surface area contributed by atoms with Crippen LogP contribution >= 0.6 is 11.6 Å². The molecule has 1 N–H and O–H groups in total. The first-order chi connectivity index (χ1) is 17.6. The lowest BCUT2D eigenvalue weighted by molar-refractivity contribution is -0.135. The van der Waals surface area contributed by atoms with Gasteiger partial charge in [-0.05, 0) is 39.0 Å². The third-order valence-electron chi connectivity index (χ3n) is 7.19. The van der Waals surface area contributed by atoms with Crippen LogP contribution in [0, 0.1) is 11.6 Å². The number of rotatable bonds is 3. The zero-order chi connectivity index (χ0) is 26.8. The first-order valence-corrected chi connectivity index (χ1v) is 12.6. The van der Waals surface area contributed by atoms with E-state index in [0.717, 1.165) is 6.07 Å². The molecule has 3 aromatic rings. The van der Waals surface area contributed by atoms with Crippen LogP contribution in [-0.2, 0) is 9.59 Å². The number of pyridine rings is 1. The maximum Gasteiger partial charge on any atom is 0.251 e. The highest BCUT2D eigenvalue weighted by Gasteiger charge is 2.46. The molecule has 2 atom stereocenters. The lowest BCUT2D eigenvalue weighted by atomic mass is 9.95. The monoisotopic (exact) mass is 528 g/mol. The molecule has 5 rings (SSSR count). The summed E-state index contributed by atoms with van der Waals surface area (Å²) < 4.78 is 30.7. The van der Waals surface area contributed by atoms with E-state index in [2.05, 4.69) is 4.98 Å². The van der Waals surface area contributed by atoms with E-state index in [1.165, 1.54) is 24.4 Å². The van der Waals surface area contributed by atoms with Crippen LogP contribution in [0.1, 0.15) is 34.1 Å². The molecule has 2 aromatic carbocycles. The van der Waals surface area contributed by atoms with Crippen molar-refractivity contribution in [3.8, 4) is 16.9 Å². The fourth-order valence-corrected chi connectivity index (χ4v) is 5.79. The maximum atomic E-state index is 16.0. The molecule has 1 fully saturated rings. The van der Waals surface area contributed by atoms with Gasteiger partial charge in [0.05, 0.1) is 34.7 Å². The number of piperazine rings is 1. The molecule has 3 heterocycles. The molecule has 37 heavy (non-hydrogen) atoms. The highest BCUT2D eigenvalue weighted by atomic mass is 35.5. The van der Waals surface area contributed by atoms with Gasteiger partial charge < -0.3 is 19.8 Å². The summed E-state index contributed by atoms with van der Waals surface area (Å²) in [6.07, 6.45) is 1.77. The van der Waals surface area contributed by atoms with Crippen LogP contribution in [0.2, 0.25) is 5.02 Å². The Bertz CT molecular complexity index is 1430. The fraction of sp³-hybridized carbons (Fsp3) is 0.370. The van der Waals surface area contributed by atoms with E-state index in [9.17, 15) is 19.1 Å². The zero-order valence-electron chi connectivity index (χ0n) is 20.9. The van der Waals surface area contributed by atoms with Crippen molar-refractivity contribution in [3.05, 3.63) is 47.1 Å². The first-order valence-electron chi connectivity index (χ1n) is 12.2. The third-order valence-corrected chi connectivity index (χ3v) is 7.49. The molecule has 2 aliphatic heterocycles. The number of nitrogens with zero attached hydrogens (tertiary/aromatic N) is 4. The molecular weight excluding hydrogens is 502 g/mol. The quantitative estimate of drug-likeness (QED) is 0.511. The predicted molar refractivity (Wildman–Crippen MR) is 139 cm³/mol. The Morgan fingerprint density at radius 3 is 2.62 bits per heavy atom. The van der Waals surface area contributed by atoms with Crippen molar-refractivity contribution in [1.82, 2.24) is 9.88 Å². The van der Waals surface area contributed by atoms with Crippen LogP contribution in [0.5, 0.6) is 5.75 Å². The minimum atomic E-state index is -0.872. The number of anilines is 2. The molecule has 2 aliphatic rings. The lowest BCUT2D eigenvalue weighted by Crippen LogP contribution is -2.66. The summed E-state index contributed by atoms with van der Waals surface area (Å²) in [5, 5.41) is 10.6.